The van der Waals surface area contributed by atoms with Crippen molar-refractivity contribution in [3.8, 4) is 5.75 Å². The van der Waals surface area contributed by atoms with E-state index in [0.717, 1.165) is 27.6 Å². The van der Waals surface area contributed by atoms with Gasteiger partial charge in [0.1, 0.15) is 11.3 Å². The monoisotopic (exact) mass is 531 g/mol. The Morgan fingerprint density at radius 3 is 2.41 bits per heavy atom. The van der Waals surface area contributed by atoms with Crippen LogP contribution in [0.3, 0.4) is 0 Å². The molecule has 0 atom stereocenters. The summed E-state index contributed by atoms with van der Waals surface area (Å²) in [4.78, 5) is 17.6. The Morgan fingerprint density at radius 1 is 0.846 bits per heavy atom. The summed E-state index contributed by atoms with van der Waals surface area (Å²) in [6.07, 6.45) is 0. The minimum absolute atomic E-state index is 0.192. The maximum absolute atomic E-state index is 12.7. The quantitative estimate of drug-likeness (QED) is 0.223. The first-order valence-electron chi connectivity index (χ1n) is 12.5. The summed E-state index contributed by atoms with van der Waals surface area (Å²) in [5, 5.41) is 13.5. The third-order valence-electron chi connectivity index (χ3n) is 6.48. The van der Waals surface area contributed by atoms with Crippen LogP contribution in [0, 0.1) is 0 Å². The molecule has 0 saturated heterocycles. The summed E-state index contributed by atoms with van der Waals surface area (Å²) in [6.45, 7) is 0.700. The number of thioether (sulfide) groups is 1. The number of hydrogen-bond donors (Lipinski definition) is 1. The molecule has 0 bridgehead atoms. The number of hydrogen-bond acceptors (Lipinski definition) is 6. The number of fused-ring (bicyclic) bond motifs is 3. The zero-order valence-corrected chi connectivity index (χ0v) is 22.1. The van der Waals surface area contributed by atoms with Gasteiger partial charge >= 0.3 is 0 Å². The molecule has 0 fully saturated rings. The van der Waals surface area contributed by atoms with E-state index in [1.807, 2.05) is 78.9 Å². The molecule has 7 nitrogen and oxygen atoms in total. The molecular formula is C31H25N5O2S. The van der Waals surface area contributed by atoms with Gasteiger partial charge < -0.3 is 14.6 Å². The van der Waals surface area contributed by atoms with Gasteiger partial charge in [0.2, 0.25) is 5.16 Å². The van der Waals surface area contributed by atoms with Crippen LogP contribution in [-0.4, -0.2) is 32.8 Å². The van der Waals surface area contributed by atoms with Gasteiger partial charge in [-0.25, -0.2) is 4.98 Å². The number of carbonyl (C=O) groups excluding carboxylic acids is 1. The highest BCUT2D eigenvalue weighted by Crippen LogP contribution is 2.29. The number of nitrogens with zero attached hydrogens (tertiary/aromatic N) is 4. The molecule has 4 aromatic carbocycles. The Hall–Kier alpha value is -4.69. The lowest BCUT2D eigenvalue weighted by atomic mass is 10.1. The van der Waals surface area contributed by atoms with E-state index in [2.05, 4.69) is 44.3 Å². The first kappa shape index (κ1) is 24.6. The molecule has 39 heavy (non-hydrogen) atoms. The van der Waals surface area contributed by atoms with Gasteiger partial charge in [0, 0.05) is 23.2 Å². The van der Waals surface area contributed by atoms with E-state index in [-0.39, 0.29) is 5.91 Å². The first-order chi connectivity index (χ1) is 19.2. The van der Waals surface area contributed by atoms with Gasteiger partial charge in [-0.2, -0.15) is 0 Å². The highest BCUT2D eigenvalue weighted by Gasteiger charge is 2.15. The standard InChI is InChI=1S/C31H25N5O2S/c1-38-27-14-8-6-12-25(27)32-30(37)23-17-15-22(16-18-23)20-39-31-33-29-28(34-35-31)24-11-5-7-13-26(24)36(29)19-21-9-3-2-4-10-21/h2-18H,19-20H2,1H3,(H,32,37). The average Bonchev–Trinajstić information content (AvgIpc) is 3.29. The number of carbonyl (C=O) groups is 1. The van der Waals surface area contributed by atoms with E-state index >= 15 is 0 Å². The lowest BCUT2D eigenvalue weighted by Crippen LogP contribution is -2.12. The third-order valence-corrected chi connectivity index (χ3v) is 7.39. The number of amides is 1. The molecule has 6 aromatic rings. The molecule has 192 valence electrons. The lowest BCUT2D eigenvalue weighted by Gasteiger charge is -2.10. The van der Waals surface area contributed by atoms with Gasteiger partial charge in [-0.05, 0) is 41.5 Å². The van der Waals surface area contributed by atoms with Crippen LogP contribution < -0.4 is 10.1 Å². The van der Waals surface area contributed by atoms with Gasteiger partial charge in [0.25, 0.3) is 5.91 Å². The van der Waals surface area contributed by atoms with Crippen LogP contribution in [-0.2, 0) is 12.3 Å². The minimum atomic E-state index is -0.192. The van der Waals surface area contributed by atoms with Crippen molar-refractivity contribution in [1.82, 2.24) is 19.7 Å². The Labute approximate surface area is 229 Å². The lowest BCUT2D eigenvalue weighted by molar-refractivity contribution is 0.102. The highest BCUT2D eigenvalue weighted by atomic mass is 32.2. The fraction of sp³-hybridized carbons (Fsp3) is 0.0968. The molecule has 6 rings (SSSR count). The molecule has 0 spiro atoms. The molecule has 1 amide bonds. The second kappa shape index (κ2) is 11.0. The van der Waals surface area contributed by atoms with Crippen LogP contribution in [0.5, 0.6) is 5.75 Å². The number of ether oxygens (including phenoxy) is 1. The zero-order chi connectivity index (χ0) is 26.6. The van der Waals surface area contributed by atoms with Crippen molar-refractivity contribution < 1.29 is 9.53 Å². The Bertz CT molecular complexity index is 1770. The SMILES string of the molecule is COc1ccccc1NC(=O)c1ccc(CSc2nnc3c4ccccc4n(Cc4ccccc4)c3n2)cc1. The number of nitrogens with one attached hydrogen (secondary N) is 1. The molecule has 8 heteroatoms. The molecule has 0 aliphatic rings. The summed E-state index contributed by atoms with van der Waals surface area (Å²) < 4.78 is 7.52. The number of methoxy groups -OCH3 is 1. The van der Waals surface area contributed by atoms with Gasteiger partial charge in [-0.15, -0.1) is 10.2 Å². The first-order valence-corrected chi connectivity index (χ1v) is 13.5. The summed E-state index contributed by atoms with van der Waals surface area (Å²) >= 11 is 1.52. The van der Waals surface area contributed by atoms with Crippen molar-refractivity contribution in [3.05, 3.63) is 120 Å². The van der Waals surface area contributed by atoms with E-state index < -0.39 is 0 Å². The maximum atomic E-state index is 12.7. The van der Waals surface area contributed by atoms with Crippen molar-refractivity contribution in [2.75, 3.05) is 12.4 Å². The second-order valence-corrected chi connectivity index (χ2v) is 9.94. The van der Waals surface area contributed by atoms with Crippen molar-refractivity contribution in [3.63, 3.8) is 0 Å². The number of para-hydroxylation sites is 3. The minimum Gasteiger partial charge on any atom is -0.495 e. The van der Waals surface area contributed by atoms with E-state index in [1.165, 1.54) is 17.3 Å². The maximum Gasteiger partial charge on any atom is 0.255 e. The van der Waals surface area contributed by atoms with Crippen LogP contribution in [0.2, 0.25) is 0 Å². The largest absolute Gasteiger partial charge is 0.495 e. The predicted octanol–water partition coefficient (Wildman–Crippen LogP) is 6.58. The second-order valence-electron chi connectivity index (χ2n) is 9.00. The molecule has 0 unspecified atom stereocenters. The van der Waals surface area contributed by atoms with Crippen LogP contribution in [0.4, 0.5) is 5.69 Å². The van der Waals surface area contributed by atoms with E-state index in [1.54, 1.807) is 7.11 Å². The average molecular weight is 532 g/mol. The Kier molecular flexibility index (Phi) is 6.93. The van der Waals surface area contributed by atoms with E-state index in [0.29, 0.717) is 34.5 Å². The van der Waals surface area contributed by atoms with Crippen LogP contribution in [0.15, 0.2) is 108 Å². The molecule has 2 heterocycles. The number of benzene rings is 4. The van der Waals surface area contributed by atoms with E-state index in [9.17, 15) is 4.79 Å². The van der Waals surface area contributed by atoms with Gasteiger partial charge in [-0.3, -0.25) is 4.79 Å². The molecular weight excluding hydrogens is 506 g/mol. The number of rotatable bonds is 8. The molecule has 0 radical (unpaired) electrons. The highest BCUT2D eigenvalue weighted by molar-refractivity contribution is 7.98. The fourth-order valence-electron chi connectivity index (χ4n) is 4.52. The summed E-state index contributed by atoms with van der Waals surface area (Å²) in [6, 6.07) is 33.4. The molecule has 2 aromatic heterocycles. The van der Waals surface area contributed by atoms with Crippen molar-refractivity contribution >= 4 is 45.4 Å². The summed E-state index contributed by atoms with van der Waals surface area (Å²) in [5.74, 6) is 1.08. The van der Waals surface area contributed by atoms with E-state index in [4.69, 9.17) is 9.72 Å². The third kappa shape index (κ3) is 5.19. The Morgan fingerprint density at radius 2 is 1.59 bits per heavy atom. The fourth-order valence-corrected chi connectivity index (χ4v) is 5.26. The summed E-state index contributed by atoms with van der Waals surface area (Å²) in [7, 11) is 1.58. The summed E-state index contributed by atoms with van der Waals surface area (Å²) in [5.41, 5.74) is 6.17. The zero-order valence-electron chi connectivity index (χ0n) is 21.2. The predicted molar refractivity (Wildman–Crippen MR) is 155 cm³/mol. The molecule has 0 aliphatic heterocycles. The topological polar surface area (TPSA) is 81.9 Å². The molecule has 0 aliphatic carbocycles. The Balaban J connectivity index is 1.19. The molecule has 1 N–H and O–H groups in total. The van der Waals surface area contributed by atoms with Gasteiger partial charge in [0.05, 0.1) is 18.3 Å². The van der Waals surface area contributed by atoms with Gasteiger partial charge in [0.15, 0.2) is 5.65 Å². The number of aromatic nitrogens is 4. The van der Waals surface area contributed by atoms with Crippen LogP contribution in [0.1, 0.15) is 21.5 Å². The smallest absolute Gasteiger partial charge is 0.255 e. The normalized spacial score (nSPS) is 11.1. The van der Waals surface area contributed by atoms with Crippen LogP contribution in [0.25, 0.3) is 22.1 Å². The van der Waals surface area contributed by atoms with Crippen molar-refractivity contribution in [2.24, 2.45) is 0 Å². The van der Waals surface area contributed by atoms with Crippen LogP contribution >= 0.6 is 11.8 Å². The molecule has 0 saturated carbocycles. The van der Waals surface area contributed by atoms with Crippen molar-refractivity contribution in [2.45, 2.75) is 17.5 Å². The van der Waals surface area contributed by atoms with Gasteiger partial charge in [-0.1, -0.05) is 84.6 Å². The number of anilines is 1. The van der Waals surface area contributed by atoms with Crippen molar-refractivity contribution in [1.29, 1.82) is 0 Å².